The first-order valence-electron chi connectivity index (χ1n) is 9.78. The molecule has 0 N–H and O–H groups in total. The fourth-order valence-corrected chi connectivity index (χ4v) is 4.16. The van der Waals surface area contributed by atoms with Gasteiger partial charge in [-0.3, -0.25) is 14.0 Å². The Labute approximate surface area is 177 Å². The summed E-state index contributed by atoms with van der Waals surface area (Å²) in [5.41, 5.74) is 1.42. The average molecular weight is 432 g/mol. The van der Waals surface area contributed by atoms with Gasteiger partial charge in [0.05, 0.1) is 11.9 Å². The molecule has 0 radical (unpaired) electrons. The second kappa shape index (κ2) is 9.86. The summed E-state index contributed by atoms with van der Waals surface area (Å²) in [6, 6.07) is 15.1. The lowest BCUT2D eigenvalue weighted by atomic mass is 10.2. The topological polar surface area (TPSA) is 60.9 Å². The largest absolute Gasteiger partial charge is 0.339 e. The van der Waals surface area contributed by atoms with Crippen LogP contribution in [0.3, 0.4) is 0 Å². The van der Waals surface area contributed by atoms with Gasteiger partial charge in [0.1, 0.15) is 12.4 Å². The molecule has 2 aromatic carbocycles. The lowest BCUT2D eigenvalue weighted by Crippen LogP contribution is -2.51. The number of anilines is 1. The van der Waals surface area contributed by atoms with E-state index in [0.717, 1.165) is 35.8 Å². The number of nitrogens with zero attached hydrogens (tertiary/aromatic N) is 3. The van der Waals surface area contributed by atoms with Crippen LogP contribution in [0.4, 0.5) is 10.1 Å². The average Bonchev–Trinajstić information content (AvgIpc) is 2.73. The van der Waals surface area contributed by atoms with Crippen molar-refractivity contribution in [2.45, 2.75) is 0 Å². The fraction of sp³-hybridized carbons (Fsp3) is 0.318. The summed E-state index contributed by atoms with van der Waals surface area (Å²) in [4.78, 5) is 16.6. The number of hydrogen-bond acceptors (Lipinski definition) is 4. The Morgan fingerprint density at radius 1 is 1.03 bits per heavy atom. The molecule has 3 rings (SSSR count). The zero-order valence-electron chi connectivity index (χ0n) is 16.9. The van der Waals surface area contributed by atoms with Crippen molar-refractivity contribution in [3.8, 4) is 0 Å². The molecular formula is C22H26FN3O3S. The molecule has 0 atom stereocenters. The first kappa shape index (κ1) is 22.0. The summed E-state index contributed by atoms with van der Waals surface area (Å²) in [5, 5.41) is 0. The molecule has 0 aliphatic carbocycles. The van der Waals surface area contributed by atoms with Crippen LogP contribution in [-0.4, -0.2) is 69.6 Å². The molecule has 1 amide bonds. The zero-order chi connectivity index (χ0) is 21.6. The first-order chi connectivity index (χ1) is 14.3. The number of piperazine rings is 1. The van der Waals surface area contributed by atoms with Gasteiger partial charge >= 0.3 is 0 Å². The van der Waals surface area contributed by atoms with E-state index < -0.39 is 15.8 Å². The number of carbonyl (C=O) groups excluding carboxylic acids is 1. The van der Waals surface area contributed by atoms with E-state index in [1.165, 1.54) is 24.3 Å². The predicted octanol–water partition coefficient (Wildman–Crippen LogP) is 2.45. The molecular weight excluding hydrogens is 405 g/mol. The summed E-state index contributed by atoms with van der Waals surface area (Å²) < 4.78 is 38.5. The molecule has 0 spiro atoms. The molecule has 1 fully saturated rings. The van der Waals surface area contributed by atoms with Gasteiger partial charge in [-0.2, -0.15) is 0 Å². The molecule has 0 saturated carbocycles. The Hall–Kier alpha value is -2.71. The smallest absolute Gasteiger partial charge is 0.243 e. The molecule has 6 nitrogen and oxygen atoms in total. The van der Waals surface area contributed by atoms with Gasteiger partial charge in [-0.25, -0.2) is 12.8 Å². The summed E-state index contributed by atoms with van der Waals surface area (Å²) in [7, 11) is -3.67. The van der Waals surface area contributed by atoms with E-state index in [4.69, 9.17) is 0 Å². The van der Waals surface area contributed by atoms with Gasteiger partial charge in [0.15, 0.2) is 0 Å². The normalized spacial score (nSPS) is 15.5. The summed E-state index contributed by atoms with van der Waals surface area (Å²) in [6.07, 6.45) is 5.22. The highest BCUT2D eigenvalue weighted by Gasteiger charge is 2.26. The predicted molar refractivity (Wildman–Crippen MR) is 117 cm³/mol. The van der Waals surface area contributed by atoms with E-state index in [-0.39, 0.29) is 18.1 Å². The maximum atomic E-state index is 13.2. The van der Waals surface area contributed by atoms with E-state index in [0.29, 0.717) is 13.1 Å². The van der Waals surface area contributed by atoms with Crippen molar-refractivity contribution in [1.29, 1.82) is 0 Å². The van der Waals surface area contributed by atoms with Crippen LogP contribution in [0.1, 0.15) is 5.56 Å². The molecule has 30 heavy (non-hydrogen) atoms. The maximum absolute atomic E-state index is 13.2. The van der Waals surface area contributed by atoms with Crippen LogP contribution in [-0.2, 0) is 14.8 Å². The maximum Gasteiger partial charge on any atom is 0.243 e. The molecule has 0 aromatic heterocycles. The second-order valence-corrected chi connectivity index (χ2v) is 9.15. The van der Waals surface area contributed by atoms with E-state index in [9.17, 15) is 17.6 Å². The summed E-state index contributed by atoms with van der Waals surface area (Å²) in [5.74, 6) is -0.722. The first-order valence-corrected chi connectivity index (χ1v) is 11.6. The van der Waals surface area contributed by atoms with E-state index in [2.05, 4.69) is 17.1 Å². The van der Waals surface area contributed by atoms with Crippen molar-refractivity contribution in [1.82, 2.24) is 9.80 Å². The van der Waals surface area contributed by atoms with Crippen LogP contribution in [0.5, 0.6) is 0 Å². The monoisotopic (exact) mass is 431 g/mol. The van der Waals surface area contributed by atoms with Crippen LogP contribution >= 0.6 is 0 Å². The third-order valence-electron chi connectivity index (χ3n) is 4.99. The van der Waals surface area contributed by atoms with E-state index >= 15 is 0 Å². The Kier molecular flexibility index (Phi) is 7.23. The number of amides is 1. The lowest BCUT2D eigenvalue weighted by molar-refractivity contribution is -0.131. The molecule has 1 aliphatic rings. The van der Waals surface area contributed by atoms with E-state index in [1.54, 1.807) is 4.90 Å². The van der Waals surface area contributed by atoms with Gasteiger partial charge in [-0.15, -0.1) is 0 Å². The fourth-order valence-electron chi connectivity index (χ4n) is 3.31. The molecule has 1 saturated heterocycles. The molecule has 2 aromatic rings. The summed E-state index contributed by atoms with van der Waals surface area (Å²) in [6.45, 7) is 3.03. The van der Waals surface area contributed by atoms with Crippen molar-refractivity contribution < 1.29 is 17.6 Å². The zero-order valence-corrected chi connectivity index (χ0v) is 17.8. The van der Waals surface area contributed by atoms with Crippen LogP contribution in [0.25, 0.3) is 6.08 Å². The Morgan fingerprint density at radius 2 is 1.67 bits per heavy atom. The number of rotatable bonds is 7. The van der Waals surface area contributed by atoms with Crippen molar-refractivity contribution >= 4 is 27.7 Å². The highest BCUT2D eigenvalue weighted by Crippen LogP contribution is 2.18. The van der Waals surface area contributed by atoms with Gasteiger partial charge in [-0.05, 0) is 29.8 Å². The third-order valence-corrected chi connectivity index (χ3v) is 6.13. The van der Waals surface area contributed by atoms with Crippen LogP contribution < -0.4 is 4.31 Å². The van der Waals surface area contributed by atoms with Gasteiger partial charge < -0.3 is 4.90 Å². The SMILES string of the molecule is CS(=O)(=O)N(CC(=O)N1CCN(C/C=C/c2ccccc2)CC1)c1ccc(F)cc1. The minimum atomic E-state index is -3.67. The van der Waals surface area contributed by atoms with E-state index in [1.807, 2.05) is 30.3 Å². The molecule has 1 heterocycles. The number of benzene rings is 2. The molecule has 0 unspecified atom stereocenters. The van der Waals surface area contributed by atoms with Gasteiger partial charge in [0.2, 0.25) is 15.9 Å². The molecule has 8 heteroatoms. The number of carbonyl (C=O) groups is 1. The standard InChI is InChI=1S/C22H26FN3O3S/c1-30(28,29)26(21-11-9-20(23)10-12-21)18-22(27)25-16-14-24(15-17-25)13-5-8-19-6-3-2-4-7-19/h2-12H,13-18H2,1H3/b8-5+. The molecule has 1 aliphatic heterocycles. The molecule has 0 bridgehead atoms. The van der Waals surface area contributed by atoms with Crippen LogP contribution in [0.2, 0.25) is 0 Å². The molecule has 160 valence electrons. The highest BCUT2D eigenvalue weighted by molar-refractivity contribution is 7.92. The van der Waals surface area contributed by atoms with Gasteiger partial charge in [-0.1, -0.05) is 42.5 Å². The number of hydrogen-bond donors (Lipinski definition) is 0. The van der Waals surface area contributed by atoms with Crippen molar-refractivity contribution in [2.75, 3.05) is 49.8 Å². The Morgan fingerprint density at radius 3 is 2.27 bits per heavy atom. The third kappa shape index (κ3) is 6.14. The van der Waals surface area contributed by atoms with Crippen LogP contribution in [0, 0.1) is 5.82 Å². The lowest BCUT2D eigenvalue weighted by Gasteiger charge is -2.35. The number of halogens is 1. The summed E-state index contributed by atoms with van der Waals surface area (Å²) >= 11 is 0. The minimum absolute atomic E-state index is 0.260. The Balaban J connectivity index is 1.53. The van der Waals surface area contributed by atoms with Gasteiger partial charge in [0.25, 0.3) is 0 Å². The number of sulfonamides is 1. The Bertz CT molecular complexity index is 970. The van der Waals surface area contributed by atoms with Gasteiger partial charge in [0, 0.05) is 32.7 Å². The highest BCUT2D eigenvalue weighted by atomic mass is 32.2. The second-order valence-electron chi connectivity index (χ2n) is 7.24. The van der Waals surface area contributed by atoms with Crippen molar-refractivity contribution in [3.63, 3.8) is 0 Å². The van der Waals surface area contributed by atoms with Crippen LogP contribution in [0.15, 0.2) is 60.7 Å². The van der Waals surface area contributed by atoms with Crippen molar-refractivity contribution in [2.24, 2.45) is 0 Å². The minimum Gasteiger partial charge on any atom is -0.339 e. The van der Waals surface area contributed by atoms with Crippen molar-refractivity contribution in [3.05, 3.63) is 72.1 Å². The quantitative estimate of drug-likeness (QED) is 0.676.